The molecule has 138 valence electrons. The standard InChI is InChI=1S/C21H27N3O2/c1-3-26-18-9-6-8-16(13-18)21(25)23-17-10-11-20(19(22)14-17)24-12-5-4-7-15(24)2/h6,8-11,13-15H,3-5,7,12,22H2,1-2H3,(H,23,25)/t15-/m0/s1. The summed E-state index contributed by atoms with van der Waals surface area (Å²) in [6, 6.07) is 13.4. The zero-order valence-electron chi connectivity index (χ0n) is 15.5. The van der Waals surface area contributed by atoms with E-state index >= 15 is 0 Å². The Bertz CT molecular complexity index is 776. The first-order valence-corrected chi connectivity index (χ1v) is 9.29. The number of nitrogens with two attached hydrogens (primary N) is 1. The molecule has 1 saturated heterocycles. The van der Waals surface area contributed by atoms with E-state index in [0.29, 0.717) is 35.3 Å². The molecular weight excluding hydrogens is 326 g/mol. The molecule has 3 rings (SSSR count). The SMILES string of the molecule is CCOc1cccc(C(=O)Nc2ccc(N3CCCC[C@@H]3C)c(N)c2)c1. The fourth-order valence-electron chi connectivity index (χ4n) is 3.45. The Kier molecular flexibility index (Phi) is 5.66. The molecule has 5 heteroatoms. The van der Waals surface area contributed by atoms with Gasteiger partial charge < -0.3 is 20.7 Å². The van der Waals surface area contributed by atoms with Crippen molar-refractivity contribution in [3.05, 3.63) is 48.0 Å². The van der Waals surface area contributed by atoms with Gasteiger partial charge in [0.15, 0.2) is 0 Å². The first kappa shape index (κ1) is 18.1. The third-order valence-corrected chi connectivity index (χ3v) is 4.81. The van der Waals surface area contributed by atoms with Gasteiger partial charge in [0, 0.05) is 23.8 Å². The highest BCUT2D eigenvalue weighted by molar-refractivity contribution is 6.04. The summed E-state index contributed by atoms with van der Waals surface area (Å²) in [7, 11) is 0. The second-order valence-corrected chi connectivity index (χ2v) is 6.73. The summed E-state index contributed by atoms with van der Waals surface area (Å²) < 4.78 is 5.45. The number of anilines is 3. The largest absolute Gasteiger partial charge is 0.494 e. The van der Waals surface area contributed by atoms with E-state index in [1.54, 1.807) is 12.1 Å². The van der Waals surface area contributed by atoms with E-state index in [-0.39, 0.29) is 5.91 Å². The van der Waals surface area contributed by atoms with Crippen LogP contribution in [0.2, 0.25) is 0 Å². The summed E-state index contributed by atoms with van der Waals surface area (Å²) >= 11 is 0. The molecule has 3 N–H and O–H groups in total. The molecular formula is C21H27N3O2. The van der Waals surface area contributed by atoms with Crippen LogP contribution in [-0.4, -0.2) is 25.1 Å². The van der Waals surface area contributed by atoms with E-state index < -0.39 is 0 Å². The van der Waals surface area contributed by atoms with Crippen molar-refractivity contribution in [1.29, 1.82) is 0 Å². The highest BCUT2D eigenvalue weighted by Crippen LogP contribution is 2.31. The molecule has 2 aromatic rings. The third kappa shape index (κ3) is 4.10. The van der Waals surface area contributed by atoms with Crippen molar-refractivity contribution in [2.45, 2.75) is 39.2 Å². The van der Waals surface area contributed by atoms with Gasteiger partial charge in [-0.1, -0.05) is 6.07 Å². The van der Waals surface area contributed by atoms with Crippen molar-refractivity contribution in [3.8, 4) is 5.75 Å². The van der Waals surface area contributed by atoms with E-state index in [1.165, 1.54) is 19.3 Å². The Morgan fingerprint density at radius 3 is 2.85 bits per heavy atom. The number of amides is 1. The summed E-state index contributed by atoms with van der Waals surface area (Å²) in [6.45, 7) is 5.75. The maximum atomic E-state index is 12.5. The second kappa shape index (κ2) is 8.13. The average Bonchev–Trinajstić information content (AvgIpc) is 2.63. The van der Waals surface area contributed by atoms with Crippen molar-refractivity contribution >= 4 is 23.0 Å². The molecule has 5 nitrogen and oxygen atoms in total. The lowest BCUT2D eigenvalue weighted by atomic mass is 10.0. The minimum atomic E-state index is -0.176. The summed E-state index contributed by atoms with van der Waals surface area (Å²) in [5, 5.41) is 2.92. The molecule has 1 fully saturated rings. The maximum Gasteiger partial charge on any atom is 0.255 e. The van der Waals surface area contributed by atoms with Crippen LogP contribution >= 0.6 is 0 Å². The van der Waals surface area contributed by atoms with E-state index in [4.69, 9.17) is 10.5 Å². The Morgan fingerprint density at radius 1 is 1.27 bits per heavy atom. The average molecular weight is 353 g/mol. The van der Waals surface area contributed by atoms with Crippen LogP contribution in [0, 0.1) is 0 Å². The maximum absolute atomic E-state index is 12.5. The zero-order valence-corrected chi connectivity index (χ0v) is 15.5. The fourth-order valence-corrected chi connectivity index (χ4v) is 3.45. The number of nitrogen functional groups attached to an aromatic ring is 1. The van der Waals surface area contributed by atoms with Gasteiger partial charge in [-0.2, -0.15) is 0 Å². The molecule has 0 aliphatic carbocycles. The van der Waals surface area contributed by atoms with Crippen LogP contribution in [0.1, 0.15) is 43.5 Å². The number of piperidine rings is 1. The van der Waals surface area contributed by atoms with Gasteiger partial charge in [0.2, 0.25) is 0 Å². The topological polar surface area (TPSA) is 67.6 Å². The molecule has 1 heterocycles. The molecule has 1 atom stereocenters. The van der Waals surface area contributed by atoms with Crippen LogP contribution in [0.15, 0.2) is 42.5 Å². The molecule has 0 radical (unpaired) electrons. The Morgan fingerprint density at radius 2 is 2.12 bits per heavy atom. The zero-order chi connectivity index (χ0) is 18.5. The number of ether oxygens (including phenoxy) is 1. The summed E-state index contributed by atoms with van der Waals surface area (Å²) in [4.78, 5) is 14.9. The molecule has 0 bridgehead atoms. The van der Waals surface area contributed by atoms with Gasteiger partial charge in [-0.3, -0.25) is 4.79 Å². The van der Waals surface area contributed by atoms with Gasteiger partial charge in [0.1, 0.15) is 5.75 Å². The van der Waals surface area contributed by atoms with Crippen molar-refractivity contribution in [2.24, 2.45) is 0 Å². The van der Waals surface area contributed by atoms with Gasteiger partial charge in [-0.15, -0.1) is 0 Å². The number of hydrogen-bond donors (Lipinski definition) is 2. The predicted molar refractivity (Wildman–Crippen MR) is 107 cm³/mol. The Labute approximate surface area is 155 Å². The normalized spacial score (nSPS) is 17.0. The van der Waals surface area contributed by atoms with Crippen molar-refractivity contribution in [3.63, 3.8) is 0 Å². The molecule has 26 heavy (non-hydrogen) atoms. The summed E-state index contributed by atoms with van der Waals surface area (Å²) in [6.07, 6.45) is 3.65. The number of rotatable bonds is 5. The molecule has 0 spiro atoms. The van der Waals surface area contributed by atoms with E-state index in [0.717, 1.165) is 12.2 Å². The van der Waals surface area contributed by atoms with E-state index in [1.807, 2.05) is 37.3 Å². The first-order valence-electron chi connectivity index (χ1n) is 9.29. The lowest BCUT2D eigenvalue weighted by Crippen LogP contribution is -2.37. The van der Waals surface area contributed by atoms with Gasteiger partial charge in [-0.25, -0.2) is 0 Å². The van der Waals surface area contributed by atoms with Crippen LogP contribution in [0.3, 0.4) is 0 Å². The lowest BCUT2D eigenvalue weighted by Gasteiger charge is -2.36. The smallest absolute Gasteiger partial charge is 0.255 e. The van der Waals surface area contributed by atoms with E-state index in [9.17, 15) is 4.79 Å². The Hall–Kier alpha value is -2.69. The monoisotopic (exact) mass is 353 g/mol. The third-order valence-electron chi connectivity index (χ3n) is 4.81. The molecule has 0 aromatic heterocycles. The van der Waals surface area contributed by atoms with Gasteiger partial charge in [-0.05, 0) is 69.5 Å². The molecule has 1 aliphatic heterocycles. The van der Waals surface area contributed by atoms with Crippen molar-refractivity contribution < 1.29 is 9.53 Å². The number of hydrogen-bond acceptors (Lipinski definition) is 4. The van der Waals surface area contributed by atoms with Crippen LogP contribution in [0.5, 0.6) is 5.75 Å². The number of benzene rings is 2. The summed E-state index contributed by atoms with van der Waals surface area (Å²) in [5.41, 5.74) is 9.28. The molecule has 2 aromatic carbocycles. The molecule has 1 amide bonds. The quantitative estimate of drug-likeness (QED) is 0.787. The number of carbonyl (C=O) groups excluding carboxylic acids is 1. The highest BCUT2D eigenvalue weighted by Gasteiger charge is 2.20. The van der Waals surface area contributed by atoms with Crippen LogP contribution in [0.4, 0.5) is 17.1 Å². The second-order valence-electron chi connectivity index (χ2n) is 6.73. The van der Waals surface area contributed by atoms with Crippen LogP contribution in [0.25, 0.3) is 0 Å². The van der Waals surface area contributed by atoms with Gasteiger partial charge in [0.05, 0.1) is 18.0 Å². The number of nitrogens with one attached hydrogen (secondary N) is 1. The van der Waals surface area contributed by atoms with Gasteiger partial charge >= 0.3 is 0 Å². The first-order chi connectivity index (χ1) is 12.6. The number of nitrogens with zero attached hydrogens (tertiary/aromatic N) is 1. The Balaban J connectivity index is 1.73. The lowest BCUT2D eigenvalue weighted by molar-refractivity contribution is 0.102. The van der Waals surface area contributed by atoms with Crippen molar-refractivity contribution in [2.75, 3.05) is 29.1 Å². The van der Waals surface area contributed by atoms with E-state index in [2.05, 4.69) is 17.1 Å². The fraction of sp³-hybridized carbons (Fsp3) is 0.381. The molecule has 0 saturated carbocycles. The minimum absolute atomic E-state index is 0.176. The minimum Gasteiger partial charge on any atom is -0.494 e. The van der Waals surface area contributed by atoms with Crippen LogP contribution in [-0.2, 0) is 0 Å². The predicted octanol–water partition coefficient (Wildman–Crippen LogP) is 4.30. The van der Waals surface area contributed by atoms with Gasteiger partial charge in [0.25, 0.3) is 5.91 Å². The highest BCUT2D eigenvalue weighted by atomic mass is 16.5. The molecule has 1 aliphatic rings. The molecule has 0 unspecified atom stereocenters. The van der Waals surface area contributed by atoms with Crippen molar-refractivity contribution in [1.82, 2.24) is 0 Å². The van der Waals surface area contributed by atoms with Crippen LogP contribution < -0.4 is 20.7 Å². The summed E-state index contributed by atoms with van der Waals surface area (Å²) in [5.74, 6) is 0.513. The number of carbonyl (C=O) groups is 1.